The van der Waals surface area contributed by atoms with Gasteiger partial charge < -0.3 is 9.90 Å². The SMILES string of the molecule is CCCCCC(O)C#CC#CCCCCC=O. The third kappa shape index (κ3) is 12.7. The molecule has 17 heavy (non-hydrogen) atoms. The van der Waals surface area contributed by atoms with Crippen LogP contribution in [-0.2, 0) is 4.79 Å². The minimum Gasteiger partial charge on any atom is -0.380 e. The van der Waals surface area contributed by atoms with Crippen molar-refractivity contribution >= 4 is 6.29 Å². The van der Waals surface area contributed by atoms with E-state index in [1.54, 1.807) is 0 Å². The Hall–Kier alpha value is -1.25. The molecule has 94 valence electrons. The minimum atomic E-state index is -0.536. The molecule has 0 aromatic rings. The number of unbranched alkanes of at least 4 members (excludes halogenated alkanes) is 5. The molecule has 0 aromatic heterocycles. The Labute approximate surface area is 105 Å². The molecule has 0 saturated carbocycles. The van der Waals surface area contributed by atoms with Gasteiger partial charge in [-0.15, -0.1) is 0 Å². The topological polar surface area (TPSA) is 37.3 Å². The molecule has 0 heterocycles. The summed E-state index contributed by atoms with van der Waals surface area (Å²) in [6.45, 7) is 2.13. The number of aliphatic hydroxyl groups is 1. The van der Waals surface area contributed by atoms with E-state index in [0.29, 0.717) is 6.42 Å². The predicted octanol–water partition coefficient (Wildman–Crippen LogP) is 2.69. The zero-order chi connectivity index (χ0) is 12.8. The fraction of sp³-hybridized carbons (Fsp3) is 0.667. The fourth-order valence-corrected chi connectivity index (χ4v) is 1.33. The summed E-state index contributed by atoms with van der Waals surface area (Å²) in [6, 6.07) is 0. The lowest BCUT2D eigenvalue weighted by atomic mass is 10.1. The first kappa shape index (κ1) is 15.8. The molecule has 1 unspecified atom stereocenters. The highest BCUT2D eigenvalue weighted by Crippen LogP contribution is 2.01. The number of carbonyl (C=O) groups excluding carboxylic acids is 1. The number of hydrogen-bond donors (Lipinski definition) is 1. The van der Waals surface area contributed by atoms with Crippen LogP contribution in [0.4, 0.5) is 0 Å². The zero-order valence-corrected chi connectivity index (χ0v) is 10.7. The fourth-order valence-electron chi connectivity index (χ4n) is 1.33. The van der Waals surface area contributed by atoms with Gasteiger partial charge in [0.05, 0.1) is 0 Å². The van der Waals surface area contributed by atoms with Gasteiger partial charge in [0.1, 0.15) is 12.4 Å². The molecule has 0 spiro atoms. The Morgan fingerprint density at radius 1 is 1.18 bits per heavy atom. The number of aldehydes is 1. The Balaban J connectivity index is 3.57. The van der Waals surface area contributed by atoms with E-state index in [9.17, 15) is 9.90 Å². The van der Waals surface area contributed by atoms with Crippen LogP contribution in [0.1, 0.15) is 58.3 Å². The summed E-state index contributed by atoms with van der Waals surface area (Å²) in [7, 11) is 0. The third-order valence-corrected chi connectivity index (χ3v) is 2.34. The van der Waals surface area contributed by atoms with E-state index in [1.165, 1.54) is 0 Å². The molecule has 2 heteroatoms. The van der Waals surface area contributed by atoms with Crippen LogP contribution in [-0.4, -0.2) is 17.5 Å². The van der Waals surface area contributed by atoms with Crippen molar-refractivity contribution in [2.75, 3.05) is 0 Å². The maximum Gasteiger partial charge on any atom is 0.119 e. The summed E-state index contributed by atoms with van der Waals surface area (Å²) < 4.78 is 0. The smallest absolute Gasteiger partial charge is 0.119 e. The van der Waals surface area contributed by atoms with Gasteiger partial charge in [0.2, 0.25) is 0 Å². The molecule has 0 aromatic carbocycles. The van der Waals surface area contributed by atoms with Crippen molar-refractivity contribution in [1.29, 1.82) is 0 Å². The minimum absolute atomic E-state index is 0.536. The van der Waals surface area contributed by atoms with Crippen LogP contribution >= 0.6 is 0 Å². The highest BCUT2D eigenvalue weighted by molar-refractivity contribution is 5.48. The lowest BCUT2D eigenvalue weighted by Gasteiger charge is -2.00. The van der Waals surface area contributed by atoms with Crippen LogP contribution in [0.3, 0.4) is 0 Å². The van der Waals surface area contributed by atoms with Crippen molar-refractivity contribution in [3.63, 3.8) is 0 Å². The Morgan fingerprint density at radius 3 is 2.71 bits per heavy atom. The summed E-state index contributed by atoms with van der Waals surface area (Å²) in [5, 5.41) is 9.47. The number of aliphatic hydroxyl groups excluding tert-OH is 1. The van der Waals surface area contributed by atoms with Crippen LogP contribution in [0.2, 0.25) is 0 Å². The van der Waals surface area contributed by atoms with Crippen LogP contribution in [0.5, 0.6) is 0 Å². The van der Waals surface area contributed by atoms with Gasteiger partial charge in [-0.3, -0.25) is 0 Å². The van der Waals surface area contributed by atoms with Crippen molar-refractivity contribution in [3.8, 4) is 23.7 Å². The molecule has 0 bridgehead atoms. The maximum atomic E-state index is 10.0. The molecule has 1 N–H and O–H groups in total. The molecule has 0 aliphatic rings. The standard InChI is InChI=1S/C15H22O2/c1-2-3-9-12-15(17)13-10-7-5-4-6-8-11-14-16/h14-15,17H,2-4,6,8-9,11-12H2,1H3. The molecule has 2 nitrogen and oxygen atoms in total. The van der Waals surface area contributed by atoms with E-state index in [2.05, 4.69) is 30.6 Å². The summed E-state index contributed by atoms with van der Waals surface area (Å²) in [6.07, 6.45) is 7.66. The Bertz CT molecular complexity index is 298. The number of carbonyl (C=O) groups is 1. The molecule has 0 aliphatic heterocycles. The molecule has 0 fully saturated rings. The van der Waals surface area contributed by atoms with Crippen LogP contribution in [0.15, 0.2) is 0 Å². The van der Waals surface area contributed by atoms with Crippen molar-refractivity contribution in [2.24, 2.45) is 0 Å². The molecular weight excluding hydrogens is 212 g/mol. The van der Waals surface area contributed by atoms with Gasteiger partial charge in [0, 0.05) is 12.8 Å². The summed E-state index contributed by atoms with van der Waals surface area (Å²) in [5.74, 6) is 11.0. The van der Waals surface area contributed by atoms with Gasteiger partial charge >= 0.3 is 0 Å². The lowest BCUT2D eigenvalue weighted by molar-refractivity contribution is -0.107. The highest BCUT2D eigenvalue weighted by atomic mass is 16.3. The van der Waals surface area contributed by atoms with Crippen molar-refractivity contribution in [2.45, 2.75) is 64.4 Å². The van der Waals surface area contributed by atoms with Crippen molar-refractivity contribution < 1.29 is 9.90 Å². The summed E-state index contributed by atoms with van der Waals surface area (Å²) >= 11 is 0. The van der Waals surface area contributed by atoms with E-state index in [4.69, 9.17) is 0 Å². The predicted molar refractivity (Wildman–Crippen MR) is 70.2 cm³/mol. The molecule has 0 amide bonds. The quantitative estimate of drug-likeness (QED) is 0.398. The molecular formula is C15H22O2. The number of rotatable bonds is 8. The average molecular weight is 234 g/mol. The highest BCUT2D eigenvalue weighted by Gasteiger charge is 1.96. The normalized spacial score (nSPS) is 10.7. The number of hydrogen-bond acceptors (Lipinski definition) is 2. The summed E-state index contributed by atoms with van der Waals surface area (Å²) in [4.78, 5) is 10.0. The van der Waals surface area contributed by atoms with E-state index in [-0.39, 0.29) is 0 Å². The van der Waals surface area contributed by atoms with Crippen molar-refractivity contribution in [1.82, 2.24) is 0 Å². The van der Waals surface area contributed by atoms with Crippen LogP contribution in [0.25, 0.3) is 0 Å². The average Bonchev–Trinajstić information content (AvgIpc) is 2.33. The molecule has 0 rings (SSSR count). The first-order valence-electron chi connectivity index (χ1n) is 6.41. The monoisotopic (exact) mass is 234 g/mol. The van der Waals surface area contributed by atoms with Gasteiger partial charge in [-0.2, -0.15) is 0 Å². The van der Waals surface area contributed by atoms with Gasteiger partial charge in [-0.1, -0.05) is 31.6 Å². The van der Waals surface area contributed by atoms with E-state index < -0.39 is 6.10 Å². The molecule has 0 radical (unpaired) electrons. The second kappa shape index (κ2) is 12.8. The van der Waals surface area contributed by atoms with Crippen LogP contribution in [0, 0.1) is 23.7 Å². The van der Waals surface area contributed by atoms with Gasteiger partial charge in [0.15, 0.2) is 0 Å². The third-order valence-electron chi connectivity index (χ3n) is 2.34. The van der Waals surface area contributed by atoms with E-state index in [0.717, 1.165) is 51.2 Å². The zero-order valence-electron chi connectivity index (χ0n) is 10.7. The van der Waals surface area contributed by atoms with E-state index >= 15 is 0 Å². The van der Waals surface area contributed by atoms with Gasteiger partial charge in [-0.25, -0.2) is 0 Å². The first-order valence-corrected chi connectivity index (χ1v) is 6.41. The maximum absolute atomic E-state index is 10.0. The molecule has 1 atom stereocenters. The Morgan fingerprint density at radius 2 is 2.00 bits per heavy atom. The van der Waals surface area contributed by atoms with Crippen molar-refractivity contribution in [3.05, 3.63) is 0 Å². The molecule has 0 aliphatic carbocycles. The Kier molecular flexibility index (Phi) is 11.9. The first-order chi connectivity index (χ1) is 8.31. The second-order valence-corrected chi connectivity index (χ2v) is 4.00. The largest absolute Gasteiger partial charge is 0.380 e. The van der Waals surface area contributed by atoms with Gasteiger partial charge in [-0.05, 0) is 37.5 Å². The lowest BCUT2D eigenvalue weighted by Crippen LogP contribution is -2.01. The molecule has 0 saturated heterocycles. The van der Waals surface area contributed by atoms with E-state index in [1.807, 2.05) is 0 Å². The van der Waals surface area contributed by atoms with Gasteiger partial charge in [0.25, 0.3) is 0 Å². The summed E-state index contributed by atoms with van der Waals surface area (Å²) in [5.41, 5.74) is 0. The second-order valence-electron chi connectivity index (χ2n) is 4.00. The van der Waals surface area contributed by atoms with Crippen LogP contribution < -0.4 is 0 Å².